The van der Waals surface area contributed by atoms with E-state index in [9.17, 15) is 4.39 Å². The van der Waals surface area contributed by atoms with E-state index in [-0.39, 0.29) is 5.82 Å². The number of rotatable bonds is 4. The zero-order valence-corrected chi connectivity index (χ0v) is 10.9. The Labute approximate surface area is 112 Å². The van der Waals surface area contributed by atoms with Crippen LogP contribution in [-0.4, -0.2) is 26.4 Å². The number of hydrogen-bond donors (Lipinski definition) is 1. The first-order valence-electron chi connectivity index (χ1n) is 5.91. The second-order valence-corrected chi connectivity index (χ2v) is 5.15. The fraction of sp³-hybridized carbons (Fsp3) is 0.250. The minimum Gasteiger partial charge on any atom is -0.330 e. The zero-order valence-electron chi connectivity index (χ0n) is 10.1. The van der Waals surface area contributed by atoms with Gasteiger partial charge in [-0.15, -0.1) is 10.2 Å². The Morgan fingerprint density at radius 1 is 1.26 bits per heavy atom. The van der Waals surface area contributed by atoms with Crippen molar-refractivity contribution in [3.8, 4) is 0 Å². The molecule has 0 aliphatic heterocycles. The summed E-state index contributed by atoms with van der Waals surface area (Å²) in [5.41, 5.74) is 6.09. The molecule has 0 atom stereocenters. The number of hydrogen-bond acceptors (Lipinski definition) is 5. The Bertz CT molecular complexity index is 705. The van der Waals surface area contributed by atoms with Crippen molar-refractivity contribution in [3.05, 3.63) is 46.5 Å². The van der Waals surface area contributed by atoms with E-state index in [4.69, 9.17) is 5.73 Å². The molecule has 2 aromatic heterocycles. The highest BCUT2D eigenvalue weighted by molar-refractivity contribution is 7.16. The molecule has 7 heteroatoms. The molecule has 2 N–H and O–H groups in total. The molecule has 0 unspecified atom stereocenters. The first kappa shape index (κ1) is 12.2. The maximum atomic E-state index is 13.6. The molecule has 0 spiro atoms. The van der Waals surface area contributed by atoms with Crippen LogP contribution < -0.4 is 5.73 Å². The Kier molecular flexibility index (Phi) is 3.22. The minimum atomic E-state index is -0.239. The van der Waals surface area contributed by atoms with E-state index in [2.05, 4.69) is 15.3 Å². The van der Waals surface area contributed by atoms with Gasteiger partial charge in [0.2, 0.25) is 4.96 Å². The number of halogens is 1. The number of fused-ring (bicyclic) bond motifs is 1. The largest absolute Gasteiger partial charge is 0.330 e. The lowest BCUT2D eigenvalue weighted by Crippen LogP contribution is -2.04. The SMILES string of the molecule is NCCc1nn2c(Cc3ccccc3F)nnc2s1. The molecule has 98 valence electrons. The molecule has 5 nitrogen and oxygen atoms in total. The van der Waals surface area contributed by atoms with Gasteiger partial charge in [0, 0.05) is 12.8 Å². The predicted molar refractivity (Wildman–Crippen MR) is 70.6 cm³/mol. The summed E-state index contributed by atoms with van der Waals surface area (Å²) in [6.07, 6.45) is 1.09. The number of nitrogens with zero attached hydrogens (tertiary/aromatic N) is 4. The van der Waals surface area contributed by atoms with Crippen LogP contribution in [0.25, 0.3) is 4.96 Å². The van der Waals surface area contributed by atoms with Gasteiger partial charge in [0.25, 0.3) is 0 Å². The zero-order chi connectivity index (χ0) is 13.2. The quantitative estimate of drug-likeness (QED) is 0.783. The van der Waals surface area contributed by atoms with E-state index in [0.29, 0.717) is 30.8 Å². The maximum Gasteiger partial charge on any atom is 0.234 e. The predicted octanol–water partition coefficient (Wildman–Crippen LogP) is 1.42. The molecule has 19 heavy (non-hydrogen) atoms. The van der Waals surface area contributed by atoms with Crippen molar-refractivity contribution in [2.75, 3.05) is 6.54 Å². The summed E-state index contributed by atoms with van der Waals surface area (Å²) >= 11 is 1.46. The molecule has 0 saturated carbocycles. The molecule has 0 bridgehead atoms. The van der Waals surface area contributed by atoms with Gasteiger partial charge in [0.05, 0.1) is 0 Å². The van der Waals surface area contributed by atoms with Crippen molar-refractivity contribution in [2.24, 2.45) is 5.73 Å². The molecule has 0 amide bonds. The molecule has 0 saturated heterocycles. The van der Waals surface area contributed by atoms with E-state index in [1.165, 1.54) is 17.4 Å². The molecule has 0 aliphatic rings. The van der Waals surface area contributed by atoms with Crippen molar-refractivity contribution < 1.29 is 4.39 Å². The average molecular weight is 277 g/mol. The number of benzene rings is 1. The average Bonchev–Trinajstić information content (AvgIpc) is 2.94. The van der Waals surface area contributed by atoms with Crippen LogP contribution in [0.3, 0.4) is 0 Å². The van der Waals surface area contributed by atoms with Crippen molar-refractivity contribution in [3.63, 3.8) is 0 Å². The first-order chi connectivity index (χ1) is 9.28. The number of aromatic nitrogens is 4. The summed E-state index contributed by atoms with van der Waals surface area (Å²) < 4.78 is 15.3. The lowest BCUT2D eigenvalue weighted by atomic mass is 10.1. The standard InChI is InChI=1S/C12H12FN5S/c13-9-4-2-1-3-8(9)7-10-15-16-12-18(10)17-11(19-12)5-6-14/h1-4H,5-7,14H2. The normalized spacial score (nSPS) is 11.3. The third kappa shape index (κ3) is 2.34. The van der Waals surface area contributed by atoms with E-state index in [1.807, 2.05) is 0 Å². The van der Waals surface area contributed by atoms with Gasteiger partial charge >= 0.3 is 0 Å². The van der Waals surface area contributed by atoms with Gasteiger partial charge in [0.15, 0.2) is 5.82 Å². The molecule has 2 heterocycles. The maximum absolute atomic E-state index is 13.6. The van der Waals surface area contributed by atoms with Gasteiger partial charge in [-0.3, -0.25) is 0 Å². The lowest BCUT2D eigenvalue weighted by molar-refractivity contribution is 0.610. The van der Waals surface area contributed by atoms with Crippen LogP contribution in [0.4, 0.5) is 4.39 Å². The van der Waals surface area contributed by atoms with Crippen molar-refractivity contribution >= 4 is 16.3 Å². The Hall–Kier alpha value is -1.86. The van der Waals surface area contributed by atoms with Crippen LogP contribution in [0.15, 0.2) is 24.3 Å². The highest BCUT2D eigenvalue weighted by atomic mass is 32.1. The van der Waals surface area contributed by atoms with Crippen molar-refractivity contribution in [1.82, 2.24) is 19.8 Å². The van der Waals surface area contributed by atoms with Crippen LogP contribution >= 0.6 is 11.3 Å². The van der Waals surface area contributed by atoms with Gasteiger partial charge in [-0.05, 0) is 18.2 Å². The van der Waals surface area contributed by atoms with Crippen LogP contribution in [0, 0.1) is 5.82 Å². The van der Waals surface area contributed by atoms with Crippen LogP contribution in [0.2, 0.25) is 0 Å². The molecule has 0 fully saturated rings. The molecule has 3 rings (SSSR count). The van der Waals surface area contributed by atoms with E-state index >= 15 is 0 Å². The second-order valence-electron chi connectivity index (χ2n) is 4.11. The Morgan fingerprint density at radius 2 is 2.11 bits per heavy atom. The van der Waals surface area contributed by atoms with Crippen LogP contribution in [0.1, 0.15) is 16.4 Å². The van der Waals surface area contributed by atoms with Gasteiger partial charge < -0.3 is 5.73 Å². The fourth-order valence-corrected chi connectivity index (χ4v) is 2.71. The van der Waals surface area contributed by atoms with E-state index < -0.39 is 0 Å². The fourth-order valence-electron chi connectivity index (χ4n) is 1.84. The number of nitrogens with two attached hydrogens (primary N) is 1. The summed E-state index contributed by atoms with van der Waals surface area (Å²) in [5, 5.41) is 13.4. The Morgan fingerprint density at radius 3 is 2.89 bits per heavy atom. The van der Waals surface area contributed by atoms with Gasteiger partial charge in [0.1, 0.15) is 10.8 Å². The van der Waals surface area contributed by atoms with E-state index in [0.717, 1.165) is 9.97 Å². The van der Waals surface area contributed by atoms with E-state index in [1.54, 1.807) is 22.7 Å². The van der Waals surface area contributed by atoms with Crippen LogP contribution in [0.5, 0.6) is 0 Å². The second kappa shape index (κ2) is 5.02. The summed E-state index contributed by atoms with van der Waals surface area (Å²) in [5.74, 6) is 0.399. The Balaban J connectivity index is 1.94. The molecule has 0 aliphatic carbocycles. The molecular weight excluding hydrogens is 265 g/mol. The van der Waals surface area contributed by atoms with Gasteiger partial charge in [-0.25, -0.2) is 4.39 Å². The highest BCUT2D eigenvalue weighted by Crippen LogP contribution is 2.17. The topological polar surface area (TPSA) is 69.1 Å². The minimum absolute atomic E-state index is 0.239. The molecule has 3 aromatic rings. The van der Waals surface area contributed by atoms with Crippen LogP contribution in [-0.2, 0) is 12.8 Å². The lowest BCUT2D eigenvalue weighted by Gasteiger charge is -1.99. The van der Waals surface area contributed by atoms with Gasteiger partial charge in [-0.1, -0.05) is 29.5 Å². The first-order valence-corrected chi connectivity index (χ1v) is 6.73. The summed E-state index contributed by atoms with van der Waals surface area (Å²) in [7, 11) is 0. The van der Waals surface area contributed by atoms with Gasteiger partial charge in [-0.2, -0.15) is 9.61 Å². The smallest absolute Gasteiger partial charge is 0.234 e. The third-order valence-corrected chi connectivity index (χ3v) is 3.72. The summed E-state index contributed by atoms with van der Waals surface area (Å²) in [6.45, 7) is 0.548. The monoisotopic (exact) mass is 277 g/mol. The van der Waals surface area contributed by atoms with Crippen molar-refractivity contribution in [1.29, 1.82) is 0 Å². The summed E-state index contributed by atoms with van der Waals surface area (Å²) in [4.78, 5) is 0.717. The summed E-state index contributed by atoms with van der Waals surface area (Å²) in [6, 6.07) is 6.65. The van der Waals surface area contributed by atoms with Crippen molar-refractivity contribution in [2.45, 2.75) is 12.8 Å². The highest BCUT2D eigenvalue weighted by Gasteiger charge is 2.13. The third-order valence-electron chi connectivity index (χ3n) is 2.76. The molecule has 0 radical (unpaired) electrons. The molecular formula is C12H12FN5S. The molecule has 1 aromatic carbocycles.